The van der Waals surface area contributed by atoms with Gasteiger partial charge in [-0.15, -0.1) is 0 Å². The summed E-state index contributed by atoms with van der Waals surface area (Å²) in [5, 5.41) is 2.60. The van der Waals surface area contributed by atoms with E-state index in [1.165, 1.54) is 13.0 Å². The van der Waals surface area contributed by atoms with Crippen molar-refractivity contribution in [2.45, 2.75) is 57.3 Å². The van der Waals surface area contributed by atoms with Crippen LogP contribution in [0.2, 0.25) is 0 Å². The second kappa shape index (κ2) is 6.07. The first kappa shape index (κ1) is 15.9. The Balaban J connectivity index is 2.12. The maximum absolute atomic E-state index is 13.1. The van der Waals surface area contributed by atoms with Crippen molar-refractivity contribution in [2.75, 3.05) is 6.54 Å². The van der Waals surface area contributed by atoms with Crippen LogP contribution in [0.4, 0.5) is 13.2 Å². The van der Waals surface area contributed by atoms with Crippen molar-refractivity contribution in [3.63, 3.8) is 0 Å². The normalized spacial score (nSPS) is 26.1. The van der Waals surface area contributed by atoms with E-state index in [1.807, 2.05) is 0 Å². The molecule has 2 atom stereocenters. The lowest BCUT2D eigenvalue weighted by molar-refractivity contribution is -0.195. The monoisotopic (exact) mass is 304 g/mol. The van der Waals surface area contributed by atoms with Gasteiger partial charge in [-0.1, -0.05) is 5.57 Å². The molecular formula is C14H19F3N2O2. The van der Waals surface area contributed by atoms with Gasteiger partial charge in [-0.3, -0.25) is 9.59 Å². The van der Waals surface area contributed by atoms with E-state index in [2.05, 4.69) is 5.32 Å². The summed E-state index contributed by atoms with van der Waals surface area (Å²) in [6.07, 6.45) is -0.506. The standard InChI is InChI=1S/C14H19F3N2O2/c1-9(20)18-11-5-6-12(14(15,16)17)19(8-11)13(21)7-10-3-2-4-10/h7,11-12H,2-6,8H2,1H3,(H,18,20)/t11-,12+/m1/s1. The molecule has 1 N–H and O–H groups in total. The molecule has 1 aliphatic heterocycles. The topological polar surface area (TPSA) is 49.4 Å². The molecule has 2 amide bonds. The number of carbonyl (C=O) groups excluding carboxylic acids is 2. The largest absolute Gasteiger partial charge is 0.408 e. The lowest BCUT2D eigenvalue weighted by atomic mass is 9.91. The van der Waals surface area contributed by atoms with Crippen molar-refractivity contribution in [3.8, 4) is 0 Å². The van der Waals surface area contributed by atoms with Gasteiger partial charge in [0.15, 0.2) is 0 Å². The maximum Gasteiger partial charge on any atom is 0.408 e. The fourth-order valence-corrected chi connectivity index (χ4v) is 2.74. The van der Waals surface area contributed by atoms with Crippen LogP contribution in [-0.2, 0) is 9.59 Å². The van der Waals surface area contributed by atoms with Crippen molar-refractivity contribution in [2.24, 2.45) is 0 Å². The number of likely N-dealkylation sites (tertiary alicyclic amines) is 1. The molecule has 1 heterocycles. The van der Waals surface area contributed by atoms with Crippen molar-refractivity contribution < 1.29 is 22.8 Å². The maximum atomic E-state index is 13.1. The molecule has 0 radical (unpaired) electrons. The van der Waals surface area contributed by atoms with Crippen LogP contribution in [0.15, 0.2) is 11.6 Å². The molecule has 118 valence electrons. The number of alkyl halides is 3. The predicted octanol–water partition coefficient (Wildman–Crippen LogP) is 2.15. The van der Waals surface area contributed by atoms with Crippen molar-refractivity contribution in [1.82, 2.24) is 10.2 Å². The molecule has 0 unspecified atom stereocenters. The van der Waals surface area contributed by atoms with Gasteiger partial charge in [0.05, 0.1) is 0 Å². The highest BCUT2D eigenvalue weighted by Gasteiger charge is 2.47. The van der Waals surface area contributed by atoms with Crippen LogP contribution in [-0.4, -0.2) is 41.5 Å². The Hall–Kier alpha value is -1.53. The van der Waals surface area contributed by atoms with E-state index < -0.39 is 24.2 Å². The minimum atomic E-state index is -4.44. The van der Waals surface area contributed by atoms with Crippen LogP contribution in [0.1, 0.15) is 39.0 Å². The molecule has 1 saturated heterocycles. The van der Waals surface area contributed by atoms with Crippen molar-refractivity contribution in [3.05, 3.63) is 11.6 Å². The number of hydrogen-bond acceptors (Lipinski definition) is 2. The first-order chi connectivity index (χ1) is 9.77. The summed E-state index contributed by atoms with van der Waals surface area (Å²) in [6, 6.07) is -2.17. The van der Waals surface area contributed by atoms with Gasteiger partial charge in [-0.05, 0) is 32.1 Å². The minimum Gasteiger partial charge on any atom is -0.352 e. The molecular weight excluding hydrogens is 285 g/mol. The Morgan fingerprint density at radius 1 is 1.29 bits per heavy atom. The number of nitrogens with zero attached hydrogens (tertiary/aromatic N) is 1. The van der Waals surface area contributed by atoms with Crippen molar-refractivity contribution >= 4 is 11.8 Å². The van der Waals surface area contributed by atoms with E-state index >= 15 is 0 Å². The van der Waals surface area contributed by atoms with Gasteiger partial charge in [0, 0.05) is 25.6 Å². The number of nitrogens with one attached hydrogen (secondary N) is 1. The molecule has 0 aromatic carbocycles. The van der Waals surface area contributed by atoms with Gasteiger partial charge in [0.2, 0.25) is 11.8 Å². The van der Waals surface area contributed by atoms with Gasteiger partial charge < -0.3 is 10.2 Å². The van der Waals surface area contributed by atoms with Crippen molar-refractivity contribution in [1.29, 1.82) is 0 Å². The molecule has 2 aliphatic rings. The number of rotatable bonds is 2. The second-order valence-electron chi connectivity index (χ2n) is 5.68. The quantitative estimate of drug-likeness (QED) is 0.795. The SMILES string of the molecule is CC(=O)N[C@@H]1CC[C@@H](C(F)(F)F)N(C(=O)C=C2CCC2)C1. The van der Waals surface area contributed by atoms with E-state index in [-0.39, 0.29) is 25.3 Å². The number of carbonyl (C=O) groups is 2. The molecule has 1 aliphatic carbocycles. The van der Waals surface area contributed by atoms with Gasteiger partial charge in [-0.2, -0.15) is 13.2 Å². The molecule has 21 heavy (non-hydrogen) atoms. The minimum absolute atomic E-state index is 0.0909. The summed E-state index contributed by atoms with van der Waals surface area (Å²) >= 11 is 0. The van der Waals surface area contributed by atoms with Crippen LogP contribution in [0, 0.1) is 0 Å². The summed E-state index contributed by atoms with van der Waals surface area (Å²) in [7, 11) is 0. The average Bonchev–Trinajstić information content (AvgIpc) is 2.31. The van der Waals surface area contributed by atoms with E-state index in [0.717, 1.165) is 29.7 Å². The van der Waals surface area contributed by atoms with Gasteiger partial charge in [0.25, 0.3) is 0 Å². The third kappa shape index (κ3) is 3.98. The zero-order chi connectivity index (χ0) is 15.6. The molecule has 0 aromatic rings. The van der Waals surface area contributed by atoms with Crippen LogP contribution < -0.4 is 5.32 Å². The number of amides is 2. The summed E-state index contributed by atoms with van der Waals surface area (Å²) < 4.78 is 39.2. The molecule has 2 fully saturated rings. The lowest BCUT2D eigenvalue weighted by Gasteiger charge is -2.40. The Kier molecular flexibility index (Phi) is 4.58. The molecule has 4 nitrogen and oxygen atoms in total. The summed E-state index contributed by atoms with van der Waals surface area (Å²) in [4.78, 5) is 24.0. The van der Waals surface area contributed by atoms with Crippen LogP contribution in [0.3, 0.4) is 0 Å². The van der Waals surface area contributed by atoms with Crippen LogP contribution in [0.25, 0.3) is 0 Å². The highest BCUT2D eigenvalue weighted by molar-refractivity contribution is 5.89. The molecule has 7 heteroatoms. The highest BCUT2D eigenvalue weighted by Crippen LogP contribution is 2.33. The van der Waals surface area contributed by atoms with E-state index in [1.54, 1.807) is 0 Å². The third-order valence-corrected chi connectivity index (χ3v) is 3.97. The Morgan fingerprint density at radius 3 is 2.43 bits per heavy atom. The molecule has 0 bridgehead atoms. The summed E-state index contributed by atoms with van der Waals surface area (Å²) in [5.74, 6) is -0.891. The zero-order valence-electron chi connectivity index (χ0n) is 11.9. The average molecular weight is 304 g/mol. The highest BCUT2D eigenvalue weighted by atomic mass is 19.4. The lowest BCUT2D eigenvalue weighted by Crippen LogP contribution is -2.57. The van der Waals surface area contributed by atoms with Gasteiger partial charge >= 0.3 is 6.18 Å². The number of hydrogen-bond donors (Lipinski definition) is 1. The first-order valence-corrected chi connectivity index (χ1v) is 7.11. The van der Waals surface area contributed by atoms with E-state index in [4.69, 9.17) is 0 Å². The van der Waals surface area contributed by atoms with E-state index in [9.17, 15) is 22.8 Å². The predicted molar refractivity (Wildman–Crippen MR) is 70.3 cm³/mol. The van der Waals surface area contributed by atoms with Crippen LogP contribution >= 0.6 is 0 Å². The Morgan fingerprint density at radius 2 is 1.95 bits per heavy atom. The number of halogens is 3. The zero-order valence-corrected chi connectivity index (χ0v) is 11.9. The molecule has 0 spiro atoms. The number of allylic oxidation sites excluding steroid dienone is 1. The first-order valence-electron chi connectivity index (χ1n) is 7.11. The molecule has 0 aromatic heterocycles. The molecule has 1 saturated carbocycles. The summed E-state index contributed by atoms with van der Waals surface area (Å²) in [6.45, 7) is 1.23. The van der Waals surface area contributed by atoms with Gasteiger partial charge in [0.1, 0.15) is 6.04 Å². The Bertz CT molecular complexity index is 454. The smallest absolute Gasteiger partial charge is 0.352 e. The fourth-order valence-electron chi connectivity index (χ4n) is 2.74. The summed E-state index contributed by atoms with van der Waals surface area (Å²) in [5.41, 5.74) is 0.905. The van der Waals surface area contributed by atoms with Crippen LogP contribution in [0.5, 0.6) is 0 Å². The second-order valence-corrected chi connectivity index (χ2v) is 5.68. The number of piperidine rings is 1. The Labute approximate surface area is 121 Å². The fraction of sp³-hybridized carbons (Fsp3) is 0.714. The molecule has 2 rings (SSSR count). The van der Waals surface area contributed by atoms with Gasteiger partial charge in [-0.25, -0.2) is 0 Å². The third-order valence-electron chi connectivity index (χ3n) is 3.97. The van der Waals surface area contributed by atoms with E-state index in [0.29, 0.717) is 0 Å².